The minimum atomic E-state index is -3.15. The molecule has 0 N–H and O–H groups in total. The molecule has 1 saturated heterocycles. The normalized spacial score (nSPS) is 15.9. The average molecular weight is 372 g/mol. The van der Waals surface area contributed by atoms with E-state index in [0.717, 1.165) is 12.1 Å². The third-order valence-electron chi connectivity index (χ3n) is 4.40. The van der Waals surface area contributed by atoms with Crippen molar-refractivity contribution in [2.75, 3.05) is 58.2 Å². The molecule has 1 fully saturated rings. The Bertz CT molecular complexity index is 645. The standard InChI is InChI=1S/C17H28N2O5S/c1-5-6-11-25(20,21)19-9-7-18(8-10-19)14-12-15(22-2)17(24-4)16(13-14)23-3/h12-13H,5-11H2,1-4H3. The van der Waals surface area contributed by atoms with Crippen molar-refractivity contribution >= 4 is 15.7 Å². The summed E-state index contributed by atoms with van der Waals surface area (Å²) in [6.07, 6.45) is 1.58. The zero-order chi connectivity index (χ0) is 18.4. The molecule has 0 saturated carbocycles. The second kappa shape index (κ2) is 8.62. The van der Waals surface area contributed by atoms with Crippen molar-refractivity contribution in [3.63, 3.8) is 0 Å². The summed E-state index contributed by atoms with van der Waals surface area (Å²) in [6.45, 7) is 4.23. The molecule has 1 aromatic carbocycles. The summed E-state index contributed by atoms with van der Waals surface area (Å²) >= 11 is 0. The summed E-state index contributed by atoms with van der Waals surface area (Å²) in [5.74, 6) is 1.97. The first-order valence-corrected chi connectivity index (χ1v) is 10.1. The maximum Gasteiger partial charge on any atom is 0.214 e. The fourth-order valence-electron chi connectivity index (χ4n) is 2.93. The Morgan fingerprint density at radius 2 is 1.52 bits per heavy atom. The summed E-state index contributed by atoms with van der Waals surface area (Å²) in [4.78, 5) is 2.14. The number of benzene rings is 1. The Balaban J connectivity index is 2.13. The van der Waals surface area contributed by atoms with Gasteiger partial charge in [-0.15, -0.1) is 0 Å². The molecular formula is C17H28N2O5S. The van der Waals surface area contributed by atoms with Crippen LogP contribution in [0.25, 0.3) is 0 Å². The molecule has 1 aliphatic rings. The number of hydrogen-bond acceptors (Lipinski definition) is 6. The van der Waals surface area contributed by atoms with Gasteiger partial charge in [-0.2, -0.15) is 4.31 Å². The topological polar surface area (TPSA) is 68.3 Å². The van der Waals surface area contributed by atoms with E-state index in [2.05, 4.69) is 4.90 Å². The van der Waals surface area contributed by atoms with Crippen molar-refractivity contribution < 1.29 is 22.6 Å². The molecule has 0 radical (unpaired) electrons. The minimum absolute atomic E-state index is 0.230. The van der Waals surface area contributed by atoms with Crippen molar-refractivity contribution in [1.29, 1.82) is 0 Å². The van der Waals surface area contributed by atoms with Crippen LogP contribution in [0.2, 0.25) is 0 Å². The molecule has 1 aliphatic heterocycles. The molecule has 0 amide bonds. The summed E-state index contributed by atoms with van der Waals surface area (Å²) in [5, 5.41) is 0. The fourth-order valence-corrected chi connectivity index (χ4v) is 4.56. The Labute approximate surface area is 150 Å². The SMILES string of the molecule is CCCCS(=O)(=O)N1CCN(c2cc(OC)c(OC)c(OC)c2)CC1. The molecule has 2 rings (SSSR count). The van der Waals surface area contributed by atoms with E-state index in [9.17, 15) is 8.42 Å². The quantitative estimate of drug-likeness (QED) is 0.695. The molecule has 7 nitrogen and oxygen atoms in total. The van der Waals surface area contributed by atoms with E-state index in [0.29, 0.717) is 49.8 Å². The lowest BCUT2D eigenvalue weighted by atomic mass is 10.2. The van der Waals surface area contributed by atoms with Gasteiger partial charge in [0.15, 0.2) is 11.5 Å². The maximum atomic E-state index is 12.3. The molecule has 25 heavy (non-hydrogen) atoms. The van der Waals surface area contributed by atoms with Gasteiger partial charge in [-0.25, -0.2) is 8.42 Å². The second-order valence-corrected chi connectivity index (χ2v) is 8.03. The number of sulfonamides is 1. The number of piperazine rings is 1. The highest BCUT2D eigenvalue weighted by Crippen LogP contribution is 2.41. The largest absolute Gasteiger partial charge is 0.493 e. The van der Waals surface area contributed by atoms with Crippen LogP contribution in [0.5, 0.6) is 17.2 Å². The summed E-state index contributed by atoms with van der Waals surface area (Å²) < 4.78 is 42.4. The molecule has 0 atom stereocenters. The van der Waals surface area contributed by atoms with Crippen molar-refractivity contribution in [1.82, 2.24) is 4.31 Å². The van der Waals surface area contributed by atoms with Crippen LogP contribution in [0.4, 0.5) is 5.69 Å². The number of anilines is 1. The molecule has 0 unspecified atom stereocenters. The smallest absolute Gasteiger partial charge is 0.214 e. The summed E-state index contributed by atoms with van der Waals surface area (Å²) in [7, 11) is 1.58. The van der Waals surface area contributed by atoms with E-state index in [1.807, 2.05) is 19.1 Å². The van der Waals surface area contributed by atoms with E-state index in [-0.39, 0.29) is 5.75 Å². The fraction of sp³-hybridized carbons (Fsp3) is 0.647. The second-order valence-electron chi connectivity index (χ2n) is 5.94. The number of unbranched alkanes of at least 4 members (excludes halogenated alkanes) is 1. The van der Waals surface area contributed by atoms with Crippen molar-refractivity contribution in [2.45, 2.75) is 19.8 Å². The van der Waals surface area contributed by atoms with Gasteiger partial charge < -0.3 is 19.1 Å². The number of rotatable bonds is 8. The van der Waals surface area contributed by atoms with Crippen LogP contribution in [0.1, 0.15) is 19.8 Å². The van der Waals surface area contributed by atoms with E-state index in [1.54, 1.807) is 25.6 Å². The molecule has 0 aliphatic carbocycles. The number of hydrogen-bond donors (Lipinski definition) is 0. The first kappa shape index (κ1) is 19.7. The van der Waals surface area contributed by atoms with Crippen LogP contribution in [0, 0.1) is 0 Å². The highest BCUT2D eigenvalue weighted by Gasteiger charge is 2.27. The van der Waals surface area contributed by atoms with Gasteiger partial charge in [0.05, 0.1) is 27.1 Å². The molecule has 8 heteroatoms. The Morgan fingerprint density at radius 1 is 0.960 bits per heavy atom. The molecule has 1 aromatic rings. The van der Waals surface area contributed by atoms with Gasteiger partial charge in [-0.3, -0.25) is 0 Å². The van der Waals surface area contributed by atoms with Crippen LogP contribution in [-0.2, 0) is 10.0 Å². The average Bonchev–Trinajstić information content (AvgIpc) is 2.65. The van der Waals surface area contributed by atoms with E-state index < -0.39 is 10.0 Å². The van der Waals surface area contributed by atoms with Crippen LogP contribution >= 0.6 is 0 Å². The lowest BCUT2D eigenvalue weighted by Crippen LogP contribution is -2.49. The van der Waals surface area contributed by atoms with Crippen LogP contribution < -0.4 is 19.1 Å². The van der Waals surface area contributed by atoms with Gasteiger partial charge in [0.2, 0.25) is 15.8 Å². The first-order chi connectivity index (χ1) is 12.0. The summed E-state index contributed by atoms with van der Waals surface area (Å²) in [5.41, 5.74) is 0.931. The van der Waals surface area contributed by atoms with Crippen LogP contribution in [0.15, 0.2) is 12.1 Å². The number of ether oxygens (including phenoxy) is 3. The molecule has 142 valence electrons. The lowest BCUT2D eigenvalue weighted by Gasteiger charge is -2.35. The highest BCUT2D eigenvalue weighted by molar-refractivity contribution is 7.89. The maximum absolute atomic E-state index is 12.3. The molecule has 0 aromatic heterocycles. The Morgan fingerprint density at radius 3 is 1.96 bits per heavy atom. The Hall–Kier alpha value is -1.67. The molecule has 1 heterocycles. The van der Waals surface area contributed by atoms with Gasteiger partial charge in [0.25, 0.3) is 0 Å². The van der Waals surface area contributed by atoms with Gasteiger partial charge in [0, 0.05) is 44.0 Å². The van der Waals surface area contributed by atoms with Crippen LogP contribution in [0.3, 0.4) is 0 Å². The molecular weight excluding hydrogens is 344 g/mol. The predicted molar refractivity (Wildman–Crippen MR) is 98.6 cm³/mol. The highest BCUT2D eigenvalue weighted by atomic mass is 32.2. The van der Waals surface area contributed by atoms with E-state index in [4.69, 9.17) is 14.2 Å². The number of nitrogens with zero attached hydrogens (tertiary/aromatic N) is 2. The monoisotopic (exact) mass is 372 g/mol. The zero-order valence-electron chi connectivity index (χ0n) is 15.4. The lowest BCUT2D eigenvalue weighted by molar-refractivity contribution is 0.324. The predicted octanol–water partition coefficient (Wildman–Crippen LogP) is 1.96. The van der Waals surface area contributed by atoms with Crippen molar-refractivity contribution in [3.8, 4) is 17.2 Å². The van der Waals surface area contributed by atoms with Gasteiger partial charge in [-0.05, 0) is 6.42 Å². The first-order valence-electron chi connectivity index (χ1n) is 8.49. The van der Waals surface area contributed by atoms with E-state index in [1.165, 1.54) is 0 Å². The third-order valence-corrected chi connectivity index (χ3v) is 6.36. The summed E-state index contributed by atoms with van der Waals surface area (Å²) in [6, 6.07) is 3.78. The molecule has 0 spiro atoms. The molecule has 0 bridgehead atoms. The number of methoxy groups -OCH3 is 3. The Kier molecular flexibility index (Phi) is 6.78. The van der Waals surface area contributed by atoms with Crippen molar-refractivity contribution in [2.24, 2.45) is 0 Å². The zero-order valence-corrected chi connectivity index (χ0v) is 16.3. The van der Waals surface area contributed by atoms with Crippen LogP contribution in [-0.4, -0.2) is 66.0 Å². The minimum Gasteiger partial charge on any atom is -0.493 e. The van der Waals surface area contributed by atoms with Gasteiger partial charge in [0.1, 0.15) is 0 Å². The van der Waals surface area contributed by atoms with E-state index >= 15 is 0 Å². The van der Waals surface area contributed by atoms with Crippen molar-refractivity contribution in [3.05, 3.63) is 12.1 Å². The van der Waals surface area contributed by atoms with Gasteiger partial charge in [-0.1, -0.05) is 13.3 Å². The van der Waals surface area contributed by atoms with Gasteiger partial charge >= 0.3 is 0 Å². The third kappa shape index (κ3) is 4.49.